The average Bonchev–Trinajstić information content (AvgIpc) is 2.78. The van der Waals surface area contributed by atoms with Crippen LogP contribution in [0.1, 0.15) is 37.7 Å². The van der Waals surface area contributed by atoms with Gasteiger partial charge in [0.25, 0.3) is 0 Å². The molecule has 0 aliphatic carbocycles. The van der Waals surface area contributed by atoms with Crippen LogP contribution in [0.4, 0.5) is 5.82 Å². The van der Waals surface area contributed by atoms with Crippen molar-refractivity contribution in [2.45, 2.75) is 47.7 Å². The summed E-state index contributed by atoms with van der Waals surface area (Å²) in [5.41, 5.74) is 4.27. The van der Waals surface area contributed by atoms with Crippen LogP contribution in [0.5, 0.6) is 5.88 Å². The first-order chi connectivity index (χ1) is 16.0. The van der Waals surface area contributed by atoms with E-state index in [-0.39, 0.29) is 5.43 Å². The molecule has 3 heterocycles. The van der Waals surface area contributed by atoms with E-state index in [1.807, 2.05) is 75.6 Å². The van der Waals surface area contributed by atoms with Gasteiger partial charge in [-0.1, -0.05) is 12.2 Å². The zero-order valence-corrected chi connectivity index (χ0v) is 19.9. The molecule has 3 rings (SSSR count). The van der Waals surface area contributed by atoms with Gasteiger partial charge in [-0.15, -0.1) is 0 Å². The van der Waals surface area contributed by atoms with Gasteiger partial charge in [0.15, 0.2) is 5.43 Å². The zero-order chi connectivity index (χ0) is 23.8. The SMILES string of the molecule is C\C=C(Cn1c(NCc2cc(C)ccn2)cc(=O)c2c(OCC)nc(C)cc21)/N=C/C=C/C. The molecule has 0 amide bonds. The zero-order valence-electron chi connectivity index (χ0n) is 19.9. The Labute approximate surface area is 194 Å². The summed E-state index contributed by atoms with van der Waals surface area (Å²) in [6, 6.07) is 7.50. The first kappa shape index (κ1) is 23.9. The van der Waals surface area contributed by atoms with E-state index >= 15 is 0 Å². The number of pyridine rings is 3. The molecule has 0 saturated carbocycles. The van der Waals surface area contributed by atoms with Crippen LogP contribution in [0, 0.1) is 13.8 Å². The van der Waals surface area contributed by atoms with Crippen molar-refractivity contribution in [3.8, 4) is 5.88 Å². The molecule has 0 radical (unpaired) electrons. The molecule has 3 aromatic heterocycles. The molecule has 0 fully saturated rings. The summed E-state index contributed by atoms with van der Waals surface area (Å²) in [4.78, 5) is 26.6. The van der Waals surface area contributed by atoms with Gasteiger partial charge in [0.05, 0.1) is 36.6 Å². The summed E-state index contributed by atoms with van der Waals surface area (Å²) in [5, 5.41) is 3.87. The van der Waals surface area contributed by atoms with Gasteiger partial charge in [0.2, 0.25) is 5.88 Å². The lowest BCUT2D eigenvalue weighted by Crippen LogP contribution is -2.18. The number of hydrogen-bond donors (Lipinski definition) is 1. The molecule has 7 nitrogen and oxygen atoms in total. The Hall–Kier alpha value is -3.74. The number of fused-ring (bicyclic) bond motifs is 1. The number of aryl methyl sites for hydroxylation is 2. The Bertz CT molecular complexity index is 1270. The van der Waals surface area contributed by atoms with E-state index in [2.05, 4.69) is 20.3 Å². The molecule has 7 heteroatoms. The lowest BCUT2D eigenvalue weighted by atomic mass is 10.2. The Morgan fingerprint density at radius 2 is 2.06 bits per heavy atom. The van der Waals surface area contributed by atoms with Crippen molar-refractivity contribution in [3.63, 3.8) is 0 Å². The van der Waals surface area contributed by atoms with Gasteiger partial charge in [-0.25, -0.2) is 4.98 Å². The first-order valence-electron chi connectivity index (χ1n) is 11.1. The first-order valence-corrected chi connectivity index (χ1v) is 11.1. The Morgan fingerprint density at radius 1 is 1.24 bits per heavy atom. The maximum absolute atomic E-state index is 13.1. The summed E-state index contributed by atoms with van der Waals surface area (Å²) in [6.07, 6.45) is 9.33. The Balaban J connectivity index is 2.15. The number of allylic oxidation sites excluding steroid dienone is 4. The lowest BCUT2D eigenvalue weighted by Gasteiger charge is -2.19. The molecule has 0 spiro atoms. The van der Waals surface area contributed by atoms with Gasteiger partial charge in [-0.2, -0.15) is 0 Å². The van der Waals surface area contributed by atoms with Crippen molar-refractivity contribution in [1.82, 2.24) is 14.5 Å². The van der Waals surface area contributed by atoms with Gasteiger partial charge >= 0.3 is 0 Å². The van der Waals surface area contributed by atoms with Crippen LogP contribution >= 0.6 is 0 Å². The van der Waals surface area contributed by atoms with Crippen molar-refractivity contribution in [2.24, 2.45) is 4.99 Å². The molecule has 1 N–H and O–H groups in total. The van der Waals surface area contributed by atoms with Crippen molar-refractivity contribution < 1.29 is 4.74 Å². The number of rotatable bonds is 9. The van der Waals surface area contributed by atoms with Gasteiger partial charge in [-0.05, 0) is 64.5 Å². The van der Waals surface area contributed by atoms with E-state index in [0.717, 1.165) is 28.2 Å². The molecule has 33 heavy (non-hydrogen) atoms. The maximum Gasteiger partial charge on any atom is 0.227 e. The van der Waals surface area contributed by atoms with E-state index in [4.69, 9.17) is 4.74 Å². The number of nitrogens with zero attached hydrogens (tertiary/aromatic N) is 4. The molecule has 0 bridgehead atoms. The summed E-state index contributed by atoms with van der Waals surface area (Å²) >= 11 is 0. The summed E-state index contributed by atoms with van der Waals surface area (Å²) in [7, 11) is 0. The lowest BCUT2D eigenvalue weighted by molar-refractivity contribution is 0.330. The van der Waals surface area contributed by atoms with Gasteiger partial charge in [0, 0.05) is 24.2 Å². The summed E-state index contributed by atoms with van der Waals surface area (Å²) in [6.45, 7) is 11.1. The maximum atomic E-state index is 13.1. The monoisotopic (exact) mass is 445 g/mol. The second-order valence-electron chi connectivity index (χ2n) is 7.64. The highest BCUT2D eigenvalue weighted by molar-refractivity contribution is 5.86. The van der Waals surface area contributed by atoms with E-state index in [9.17, 15) is 4.79 Å². The fraction of sp³-hybridized carbons (Fsp3) is 0.308. The van der Waals surface area contributed by atoms with Crippen molar-refractivity contribution in [2.75, 3.05) is 11.9 Å². The molecular weight excluding hydrogens is 414 g/mol. The Morgan fingerprint density at radius 3 is 2.76 bits per heavy atom. The normalized spacial score (nSPS) is 12.2. The highest BCUT2D eigenvalue weighted by atomic mass is 16.5. The fourth-order valence-electron chi connectivity index (χ4n) is 3.50. The molecule has 0 saturated heterocycles. The Kier molecular flexibility index (Phi) is 8.13. The van der Waals surface area contributed by atoms with Gasteiger partial charge in [-0.3, -0.25) is 14.8 Å². The third-order valence-corrected chi connectivity index (χ3v) is 5.07. The minimum Gasteiger partial charge on any atom is -0.477 e. The highest BCUT2D eigenvalue weighted by Gasteiger charge is 2.16. The van der Waals surface area contributed by atoms with Crippen molar-refractivity contribution in [1.29, 1.82) is 0 Å². The van der Waals surface area contributed by atoms with Crippen LogP contribution in [-0.4, -0.2) is 27.4 Å². The number of anilines is 1. The van der Waals surface area contributed by atoms with Gasteiger partial charge < -0.3 is 14.6 Å². The number of ether oxygens (including phenoxy) is 1. The largest absolute Gasteiger partial charge is 0.477 e. The number of hydrogen-bond acceptors (Lipinski definition) is 6. The van der Waals surface area contributed by atoms with Crippen LogP contribution in [-0.2, 0) is 13.1 Å². The molecule has 0 atom stereocenters. The number of aromatic nitrogens is 3. The highest BCUT2D eigenvalue weighted by Crippen LogP contribution is 2.26. The summed E-state index contributed by atoms with van der Waals surface area (Å²) < 4.78 is 7.77. The second kappa shape index (κ2) is 11.2. The fourth-order valence-corrected chi connectivity index (χ4v) is 3.50. The minimum atomic E-state index is -0.142. The molecule has 0 unspecified atom stereocenters. The average molecular weight is 446 g/mol. The van der Waals surface area contributed by atoms with E-state index in [1.54, 1.807) is 18.5 Å². The summed E-state index contributed by atoms with van der Waals surface area (Å²) in [5.74, 6) is 1.04. The molecule has 0 aliphatic heterocycles. The standard InChI is InChI=1S/C26H31N5O2/c1-6-9-11-27-20(7-2)17-31-22-14-19(5)30-26(33-8-3)25(22)23(32)15-24(31)29-16-21-13-18(4)10-12-28-21/h6-7,9-15,29H,8,16-17H2,1-5H3/b9-6+,20-7-,27-11+. The predicted octanol–water partition coefficient (Wildman–Crippen LogP) is 4.97. The molecule has 0 aliphatic rings. The second-order valence-corrected chi connectivity index (χ2v) is 7.64. The van der Waals surface area contributed by atoms with Crippen molar-refractivity contribution in [3.05, 3.63) is 81.6 Å². The predicted molar refractivity (Wildman–Crippen MR) is 135 cm³/mol. The number of nitrogens with one attached hydrogen (secondary N) is 1. The third-order valence-electron chi connectivity index (χ3n) is 5.07. The smallest absolute Gasteiger partial charge is 0.227 e. The van der Waals surface area contributed by atoms with Crippen LogP contribution in [0.3, 0.4) is 0 Å². The van der Waals surface area contributed by atoms with Crippen LogP contribution in [0.25, 0.3) is 10.9 Å². The molecule has 3 aromatic rings. The molecule has 172 valence electrons. The van der Waals surface area contributed by atoms with E-state index < -0.39 is 0 Å². The van der Waals surface area contributed by atoms with Crippen LogP contribution in [0.2, 0.25) is 0 Å². The topological polar surface area (TPSA) is 81.4 Å². The van der Waals surface area contributed by atoms with Gasteiger partial charge in [0.1, 0.15) is 11.2 Å². The van der Waals surface area contributed by atoms with Crippen molar-refractivity contribution >= 4 is 22.9 Å². The van der Waals surface area contributed by atoms with Crippen LogP contribution < -0.4 is 15.5 Å². The third kappa shape index (κ3) is 5.94. The van der Waals surface area contributed by atoms with E-state index in [0.29, 0.717) is 36.8 Å². The minimum absolute atomic E-state index is 0.142. The molecule has 0 aromatic carbocycles. The number of aliphatic imine (C=N–C) groups is 1. The quantitative estimate of drug-likeness (QED) is 0.470. The van der Waals surface area contributed by atoms with Crippen LogP contribution in [0.15, 0.2) is 64.2 Å². The van der Waals surface area contributed by atoms with E-state index in [1.165, 1.54) is 0 Å². The molecular formula is C26H31N5O2.